The van der Waals surface area contributed by atoms with Crippen LogP contribution in [0.5, 0.6) is 0 Å². The molecule has 0 radical (unpaired) electrons. The number of carbonyl (C=O) groups is 1. The summed E-state index contributed by atoms with van der Waals surface area (Å²) in [5.74, 6) is 0.151. The van der Waals surface area contributed by atoms with E-state index in [1.54, 1.807) is 0 Å². The van der Waals surface area contributed by atoms with E-state index in [9.17, 15) is 4.79 Å². The van der Waals surface area contributed by atoms with Crippen LogP contribution in [0, 0.1) is 0 Å². The van der Waals surface area contributed by atoms with E-state index in [0.717, 1.165) is 17.8 Å². The Labute approximate surface area is 109 Å². The van der Waals surface area contributed by atoms with Crippen molar-refractivity contribution in [1.82, 2.24) is 4.98 Å². The van der Waals surface area contributed by atoms with Crippen LogP contribution < -0.4 is 10.6 Å². The Kier molecular flexibility index (Phi) is 2.76. The number of hydrogen-bond acceptors (Lipinski definition) is 4. The molecule has 0 unspecified atom stereocenters. The zero-order valence-electron chi connectivity index (χ0n) is 9.74. The van der Waals surface area contributed by atoms with Gasteiger partial charge in [-0.05, 0) is 18.6 Å². The van der Waals surface area contributed by atoms with Gasteiger partial charge in [0, 0.05) is 17.5 Å². The van der Waals surface area contributed by atoms with E-state index >= 15 is 0 Å². The largest absolute Gasteiger partial charge is 0.375 e. The number of nitrogens with zero attached hydrogens (tertiary/aromatic N) is 2. The highest BCUT2D eigenvalue weighted by Crippen LogP contribution is 2.37. The monoisotopic (exact) mass is 259 g/mol. The number of amides is 1. The van der Waals surface area contributed by atoms with Crippen molar-refractivity contribution < 1.29 is 4.79 Å². The summed E-state index contributed by atoms with van der Waals surface area (Å²) in [5, 5.41) is 2.49. The predicted molar refractivity (Wildman–Crippen MR) is 72.4 cm³/mol. The number of thiazole rings is 1. The molecule has 1 aliphatic rings. The van der Waals surface area contributed by atoms with Gasteiger partial charge < -0.3 is 10.6 Å². The Hall–Kier alpha value is -1.88. The molecule has 5 heteroatoms. The fourth-order valence-corrected chi connectivity index (χ4v) is 2.94. The molecule has 1 saturated heterocycles. The van der Waals surface area contributed by atoms with Crippen molar-refractivity contribution in [1.29, 1.82) is 0 Å². The van der Waals surface area contributed by atoms with E-state index in [0.29, 0.717) is 11.6 Å². The zero-order valence-corrected chi connectivity index (χ0v) is 10.6. The van der Waals surface area contributed by atoms with Gasteiger partial charge in [-0.3, -0.25) is 4.79 Å². The molecule has 2 aromatic rings. The molecule has 0 spiro atoms. The number of carbonyl (C=O) groups excluding carboxylic acids is 1. The van der Waals surface area contributed by atoms with Gasteiger partial charge in [-0.15, -0.1) is 11.3 Å². The van der Waals surface area contributed by atoms with Crippen LogP contribution in [0.25, 0.3) is 0 Å². The molecule has 0 bridgehead atoms. The number of nitrogens with two attached hydrogens (primary N) is 1. The first-order valence-electron chi connectivity index (χ1n) is 5.84. The van der Waals surface area contributed by atoms with Crippen LogP contribution in [0.4, 0.5) is 10.8 Å². The normalized spacial score (nSPS) is 19.4. The molecular weight excluding hydrogens is 246 g/mol. The number of rotatable bonds is 2. The van der Waals surface area contributed by atoms with Crippen molar-refractivity contribution in [3.8, 4) is 0 Å². The van der Waals surface area contributed by atoms with Gasteiger partial charge >= 0.3 is 0 Å². The van der Waals surface area contributed by atoms with Crippen LogP contribution in [0.1, 0.15) is 24.6 Å². The molecule has 0 saturated carbocycles. The van der Waals surface area contributed by atoms with Crippen molar-refractivity contribution in [2.24, 2.45) is 0 Å². The van der Waals surface area contributed by atoms with Gasteiger partial charge in [-0.25, -0.2) is 4.98 Å². The quantitative estimate of drug-likeness (QED) is 0.901. The third-order valence-electron chi connectivity index (χ3n) is 3.13. The molecule has 2 heterocycles. The Balaban J connectivity index is 1.98. The van der Waals surface area contributed by atoms with Gasteiger partial charge in [0.15, 0.2) is 5.13 Å². The molecule has 92 valence electrons. The molecule has 1 amide bonds. The third-order valence-corrected chi connectivity index (χ3v) is 3.82. The van der Waals surface area contributed by atoms with Crippen LogP contribution in [-0.4, -0.2) is 10.9 Å². The minimum absolute atomic E-state index is 0.0217. The first kappa shape index (κ1) is 11.2. The molecule has 18 heavy (non-hydrogen) atoms. The van der Waals surface area contributed by atoms with E-state index in [4.69, 9.17) is 5.73 Å². The molecule has 0 aliphatic carbocycles. The van der Waals surface area contributed by atoms with Gasteiger partial charge in [-0.2, -0.15) is 0 Å². The van der Waals surface area contributed by atoms with Crippen LogP contribution in [0.15, 0.2) is 35.7 Å². The van der Waals surface area contributed by atoms with Crippen molar-refractivity contribution in [2.45, 2.75) is 18.9 Å². The highest BCUT2D eigenvalue weighted by molar-refractivity contribution is 7.13. The smallest absolute Gasteiger partial charge is 0.227 e. The fraction of sp³-hybridized carbons (Fsp3) is 0.231. The molecule has 1 fully saturated rings. The lowest BCUT2D eigenvalue weighted by Crippen LogP contribution is -2.27. The highest BCUT2D eigenvalue weighted by atomic mass is 32.1. The second-order valence-corrected chi connectivity index (χ2v) is 5.15. The minimum Gasteiger partial charge on any atom is -0.375 e. The molecule has 3 rings (SSSR count). The number of benzene rings is 1. The van der Waals surface area contributed by atoms with Crippen LogP contribution >= 0.6 is 11.3 Å². The number of hydrogen-bond donors (Lipinski definition) is 1. The summed E-state index contributed by atoms with van der Waals surface area (Å²) in [6.45, 7) is 0. The van der Waals surface area contributed by atoms with E-state index in [1.165, 1.54) is 11.3 Å². The van der Waals surface area contributed by atoms with Crippen molar-refractivity contribution in [3.63, 3.8) is 0 Å². The van der Waals surface area contributed by atoms with E-state index in [2.05, 4.69) is 4.98 Å². The lowest BCUT2D eigenvalue weighted by atomic mass is 10.1. The second-order valence-electron chi connectivity index (χ2n) is 4.26. The first-order valence-corrected chi connectivity index (χ1v) is 6.71. The maximum atomic E-state index is 12.0. The summed E-state index contributed by atoms with van der Waals surface area (Å²) in [5.41, 5.74) is 7.49. The standard InChI is InChI=1S/C13H13N3OS/c14-13-15-10(8-18-13)11-6-7-12(17)16(11)9-4-2-1-3-5-9/h1-5,8,11H,6-7H2,(H2,14,15)/t11-/m1/s1. The Morgan fingerprint density at radius 3 is 2.78 bits per heavy atom. The number of nitrogen functional groups attached to an aromatic ring is 1. The lowest BCUT2D eigenvalue weighted by Gasteiger charge is -2.23. The molecular formula is C13H13N3OS. The Morgan fingerprint density at radius 1 is 1.33 bits per heavy atom. The molecule has 1 aromatic heterocycles. The SMILES string of the molecule is Nc1nc([C@H]2CCC(=O)N2c2ccccc2)cs1. The fourth-order valence-electron chi connectivity index (χ4n) is 2.33. The summed E-state index contributed by atoms with van der Waals surface area (Å²) in [6, 6.07) is 9.74. The molecule has 2 N–H and O–H groups in total. The summed E-state index contributed by atoms with van der Waals surface area (Å²) in [7, 11) is 0. The third kappa shape index (κ3) is 1.86. The zero-order chi connectivity index (χ0) is 12.5. The van der Waals surface area contributed by atoms with Gasteiger partial charge in [0.2, 0.25) is 5.91 Å². The van der Waals surface area contributed by atoms with Gasteiger partial charge in [-0.1, -0.05) is 18.2 Å². The molecule has 4 nitrogen and oxygen atoms in total. The number of para-hydroxylation sites is 1. The summed E-state index contributed by atoms with van der Waals surface area (Å²) >= 11 is 1.42. The van der Waals surface area contributed by atoms with Crippen LogP contribution in [0.2, 0.25) is 0 Å². The average Bonchev–Trinajstić information content (AvgIpc) is 2.96. The van der Waals surface area contributed by atoms with E-state index < -0.39 is 0 Å². The topological polar surface area (TPSA) is 59.2 Å². The predicted octanol–water partition coefficient (Wildman–Crippen LogP) is 2.59. The molecule has 1 aliphatic heterocycles. The van der Waals surface area contributed by atoms with Crippen LogP contribution in [0.3, 0.4) is 0 Å². The Morgan fingerprint density at radius 2 is 2.11 bits per heavy atom. The van der Waals surface area contributed by atoms with Crippen LogP contribution in [-0.2, 0) is 4.79 Å². The highest BCUT2D eigenvalue weighted by Gasteiger charge is 2.34. The van der Waals surface area contributed by atoms with Crippen molar-refractivity contribution >= 4 is 28.1 Å². The number of aromatic nitrogens is 1. The minimum atomic E-state index is 0.0217. The maximum absolute atomic E-state index is 12.0. The average molecular weight is 259 g/mol. The lowest BCUT2D eigenvalue weighted by molar-refractivity contribution is -0.117. The van der Waals surface area contributed by atoms with E-state index in [1.807, 2.05) is 40.6 Å². The van der Waals surface area contributed by atoms with E-state index in [-0.39, 0.29) is 11.9 Å². The van der Waals surface area contributed by atoms with Crippen molar-refractivity contribution in [2.75, 3.05) is 10.6 Å². The number of anilines is 2. The second kappa shape index (κ2) is 4.42. The van der Waals surface area contributed by atoms with Gasteiger partial charge in [0.1, 0.15) is 0 Å². The molecule has 1 atom stereocenters. The van der Waals surface area contributed by atoms with Crippen molar-refractivity contribution in [3.05, 3.63) is 41.4 Å². The summed E-state index contributed by atoms with van der Waals surface area (Å²) in [6.07, 6.45) is 1.37. The summed E-state index contributed by atoms with van der Waals surface area (Å²) in [4.78, 5) is 18.2. The first-order chi connectivity index (χ1) is 8.75. The van der Waals surface area contributed by atoms with Gasteiger partial charge in [0.05, 0.1) is 11.7 Å². The maximum Gasteiger partial charge on any atom is 0.227 e. The Bertz CT molecular complexity index is 567. The summed E-state index contributed by atoms with van der Waals surface area (Å²) < 4.78 is 0. The van der Waals surface area contributed by atoms with Gasteiger partial charge in [0.25, 0.3) is 0 Å². The molecule has 1 aromatic carbocycles.